The Morgan fingerprint density at radius 3 is 2.39 bits per heavy atom. The fraction of sp³-hybridized carbons (Fsp3) is 0.318. The molecule has 1 amide bonds. The lowest BCUT2D eigenvalue weighted by Crippen LogP contribution is -2.42. The summed E-state index contributed by atoms with van der Waals surface area (Å²) in [5.41, 5.74) is 1.15. The molecule has 0 spiro atoms. The van der Waals surface area contributed by atoms with E-state index in [9.17, 15) is 14.4 Å². The molecule has 6 nitrogen and oxygen atoms in total. The number of aromatic nitrogens is 2. The van der Waals surface area contributed by atoms with Crippen molar-refractivity contribution in [3.63, 3.8) is 0 Å². The summed E-state index contributed by atoms with van der Waals surface area (Å²) in [5.74, 6) is -0.0845. The van der Waals surface area contributed by atoms with Gasteiger partial charge < -0.3 is 4.90 Å². The molecule has 28 heavy (non-hydrogen) atoms. The smallest absolute Gasteiger partial charge is 0.336 e. The molecule has 0 saturated carbocycles. The molecule has 1 aromatic heterocycles. The van der Waals surface area contributed by atoms with Crippen LogP contribution >= 0.6 is 0 Å². The largest absolute Gasteiger partial charge is 0.341 e. The molecule has 3 aromatic rings. The van der Waals surface area contributed by atoms with Gasteiger partial charge in [0, 0.05) is 13.1 Å². The van der Waals surface area contributed by atoms with Gasteiger partial charge in [-0.25, -0.2) is 9.36 Å². The summed E-state index contributed by atoms with van der Waals surface area (Å²) >= 11 is 0. The van der Waals surface area contributed by atoms with Crippen LogP contribution in [0.4, 0.5) is 0 Å². The van der Waals surface area contributed by atoms with Gasteiger partial charge in [0.25, 0.3) is 5.56 Å². The number of carbonyl (C=O) groups excluding carboxylic acids is 1. The lowest BCUT2D eigenvalue weighted by atomic mass is 10.1. The van der Waals surface area contributed by atoms with Gasteiger partial charge in [-0.15, -0.1) is 0 Å². The van der Waals surface area contributed by atoms with Crippen molar-refractivity contribution in [1.82, 2.24) is 14.0 Å². The highest BCUT2D eigenvalue weighted by Crippen LogP contribution is 2.15. The summed E-state index contributed by atoms with van der Waals surface area (Å²) < 4.78 is 2.64. The SMILES string of the molecule is CCc1ccccc1-n1c(=O)c2ccccc2n(CC(=O)N2CCCC2)c1=O. The summed E-state index contributed by atoms with van der Waals surface area (Å²) in [6, 6.07) is 14.4. The summed E-state index contributed by atoms with van der Waals surface area (Å²) in [6.07, 6.45) is 2.68. The highest BCUT2D eigenvalue weighted by molar-refractivity contribution is 5.82. The molecule has 0 radical (unpaired) electrons. The Hall–Kier alpha value is -3.15. The van der Waals surface area contributed by atoms with Crippen molar-refractivity contribution in [2.75, 3.05) is 13.1 Å². The molecule has 0 unspecified atom stereocenters. The van der Waals surface area contributed by atoms with E-state index in [0.717, 1.165) is 31.5 Å². The second-order valence-corrected chi connectivity index (χ2v) is 7.10. The first-order valence-electron chi connectivity index (χ1n) is 9.72. The Bertz CT molecular complexity index is 1150. The molecule has 1 saturated heterocycles. The molecule has 4 rings (SSSR count). The van der Waals surface area contributed by atoms with E-state index in [2.05, 4.69) is 0 Å². The number of rotatable bonds is 4. The topological polar surface area (TPSA) is 64.3 Å². The van der Waals surface area contributed by atoms with Crippen LogP contribution in [0.15, 0.2) is 58.1 Å². The Kier molecular flexibility index (Phi) is 4.86. The third kappa shape index (κ3) is 3.05. The van der Waals surface area contributed by atoms with E-state index < -0.39 is 5.69 Å². The number of nitrogens with zero attached hydrogens (tertiary/aromatic N) is 3. The Balaban J connectivity index is 1.95. The second-order valence-electron chi connectivity index (χ2n) is 7.10. The van der Waals surface area contributed by atoms with Crippen LogP contribution in [0.25, 0.3) is 16.6 Å². The minimum atomic E-state index is -0.475. The molecule has 1 aliphatic rings. The van der Waals surface area contributed by atoms with Crippen molar-refractivity contribution >= 4 is 16.8 Å². The first-order valence-corrected chi connectivity index (χ1v) is 9.72. The van der Waals surface area contributed by atoms with Crippen molar-refractivity contribution in [3.8, 4) is 5.69 Å². The van der Waals surface area contributed by atoms with E-state index in [1.807, 2.05) is 25.1 Å². The molecule has 0 bridgehead atoms. The first kappa shape index (κ1) is 18.2. The van der Waals surface area contributed by atoms with Crippen LogP contribution in [-0.2, 0) is 17.8 Å². The number of amides is 1. The predicted molar refractivity (Wildman–Crippen MR) is 109 cm³/mol. The van der Waals surface area contributed by atoms with Gasteiger partial charge >= 0.3 is 5.69 Å². The van der Waals surface area contributed by atoms with Crippen LogP contribution in [0.3, 0.4) is 0 Å². The Morgan fingerprint density at radius 2 is 1.64 bits per heavy atom. The van der Waals surface area contributed by atoms with Crippen molar-refractivity contribution in [2.45, 2.75) is 32.7 Å². The van der Waals surface area contributed by atoms with Crippen molar-refractivity contribution in [1.29, 1.82) is 0 Å². The van der Waals surface area contributed by atoms with Crippen molar-refractivity contribution in [2.24, 2.45) is 0 Å². The molecule has 144 valence electrons. The first-order chi connectivity index (χ1) is 13.6. The number of hydrogen-bond donors (Lipinski definition) is 0. The maximum absolute atomic E-state index is 13.4. The van der Waals surface area contributed by atoms with Crippen molar-refractivity contribution < 1.29 is 4.79 Å². The van der Waals surface area contributed by atoms with E-state index in [1.165, 1.54) is 9.13 Å². The van der Waals surface area contributed by atoms with Gasteiger partial charge in [-0.2, -0.15) is 0 Å². The minimum Gasteiger partial charge on any atom is -0.341 e. The Labute approximate surface area is 162 Å². The zero-order valence-electron chi connectivity index (χ0n) is 15.9. The number of likely N-dealkylation sites (tertiary alicyclic amines) is 1. The molecule has 2 aromatic carbocycles. The number of benzene rings is 2. The van der Waals surface area contributed by atoms with Crippen LogP contribution in [0.5, 0.6) is 0 Å². The van der Waals surface area contributed by atoms with Crippen LogP contribution in [-0.4, -0.2) is 33.0 Å². The van der Waals surface area contributed by atoms with Gasteiger partial charge in [-0.05, 0) is 43.0 Å². The van der Waals surface area contributed by atoms with E-state index in [-0.39, 0.29) is 18.0 Å². The predicted octanol–water partition coefficient (Wildman–Crippen LogP) is 2.34. The lowest BCUT2D eigenvalue weighted by molar-refractivity contribution is -0.130. The molecule has 1 aliphatic heterocycles. The molecule has 2 heterocycles. The summed E-state index contributed by atoms with van der Waals surface area (Å²) in [6.45, 7) is 3.38. The zero-order valence-corrected chi connectivity index (χ0v) is 15.9. The van der Waals surface area contributed by atoms with Crippen molar-refractivity contribution in [3.05, 3.63) is 74.9 Å². The Morgan fingerprint density at radius 1 is 0.964 bits per heavy atom. The number of carbonyl (C=O) groups is 1. The zero-order chi connectivity index (χ0) is 19.7. The number of fused-ring (bicyclic) bond motifs is 1. The normalized spacial score (nSPS) is 14.0. The van der Waals surface area contributed by atoms with E-state index in [4.69, 9.17) is 0 Å². The summed E-state index contributed by atoms with van der Waals surface area (Å²) in [5, 5.41) is 0.433. The standard InChI is InChI=1S/C22H23N3O3/c1-2-16-9-3-5-11-18(16)25-21(27)17-10-4-6-12-19(17)24(22(25)28)15-20(26)23-13-7-8-14-23/h3-6,9-12H,2,7-8,13-15H2,1H3. The van der Waals surface area contributed by atoms with Gasteiger partial charge in [0.1, 0.15) is 6.54 Å². The van der Waals surface area contributed by atoms with E-state index in [1.54, 1.807) is 35.2 Å². The highest BCUT2D eigenvalue weighted by Gasteiger charge is 2.22. The molecule has 6 heteroatoms. The maximum Gasteiger partial charge on any atom is 0.336 e. The highest BCUT2D eigenvalue weighted by atomic mass is 16.2. The summed E-state index contributed by atoms with van der Waals surface area (Å²) in [4.78, 5) is 41.1. The van der Waals surface area contributed by atoms with E-state index >= 15 is 0 Å². The third-order valence-corrected chi connectivity index (χ3v) is 5.42. The number of para-hydroxylation sites is 2. The van der Waals surface area contributed by atoms with Crippen LogP contribution < -0.4 is 11.2 Å². The molecule has 0 N–H and O–H groups in total. The lowest BCUT2D eigenvalue weighted by Gasteiger charge is -2.19. The van der Waals surface area contributed by atoms with Gasteiger partial charge in [0.05, 0.1) is 16.6 Å². The monoisotopic (exact) mass is 377 g/mol. The van der Waals surface area contributed by atoms with Gasteiger partial charge in [0.15, 0.2) is 0 Å². The van der Waals surface area contributed by atoms with Crippen LogP contribution in [0, 0.1) is 0 Å². The molecule has 0 atom stereocenters. The third-order valence-electron chi connectivity index (χ3n) is 5.42. The van der Waals surface area contributed by atoms with Gasteiger partial charge in [0.2, 0.25) is 5.91 Å². The van der Waals surface area contributed by atoms with Crippen LogP contribution in [0.2, 0.25) is 0 Å². The van der Waals surface area contributed by atoms with Gasteiger partial charge in [-0.1, -0.05) is 37.3 Å². The fourth-order valence-electron chi connectivity index (χ4n) is 3.92. The van der Waals surface area contributed by atoms with Gasteiger partial charge in [-0.3, -0.25) is 14.2 Å². The maximum atomic E-state index is 13.4. The average molecular weight is 377 g/mol. The number of aryl methyl sites for hydroxylation is 1. The average Bonchev–Trinajstić information content (AvgIpc) is 3.26. The molecular weight excluding hydrogens is 354 g/mol. The van der Waals surface area contributed by atoms with Crippen LogP contribution in [0.1, 0.15) is 25.3 Å². The minimum absolute atomic E-state index is 0.0616. The fourth-order valence-corrected chi connectivity index (χ4v) is 3.92. The summed E-state index contributed by atoms with van der Waals surface area (Å²) in [7, 11) is 0. The number of hydrogen-bond acceptors (Lipinski definition) is 3. The second kappa shape index (κ2) is 7.46. The van der Waals surface area contributed by atoms with E-state index in [0.29, 0.717) is 23.0 Å². The quantitative estimate of drug-likeness (QED) is 0.701. The molecular formula is C22H23N3O3. The molecule has 1 fully saturated rings. The molecule has 0 aliphatic carbocycles.